The van der Waals surface area contributed by atoms with Crippen molar-refractivity contribution in [3.8, 4) is 0 Å². The maximum Gasteiger partial charge on any atom is 0.226 e. The van der Waals surface area contributed by atoms with Crippen LogP contribution in [0.1, 0.15) is 18.5 Å². The van der Waals surface area contributed by atoms with Gasteiger partial charge in [0.25, 0.3) is 0 Å². The summed E-state index contributed by atoms with van der Waals surface area (Å²) in [7, 11) is -3.39. The first kappa shape index (κ1) is 12.8. The van der Waals surface area contributed by atoms with Gasteiger partial charge in [0.15, 0.2) is 0 Å². The van der Waals surface area contributed by atoms with E-state index in [2.05, 4.69) is 4.72 Å². The molecule has 3 nitrogen and oxygen atoms in total. The molecule has 6 heteroatoms. The number of rotatable bonds is 4. The maximum atomic E-state index is 11.2. The second-order valence-electron chi connectivity index (χ2n) is 3.11. The molecule has 1 atom stereocenters. The number of alkyl halides is 1. The lowest BCUT2D eigenvalue weighted by Gasteiger charge is -2.13. The highest BCUT2D eigenvalue weighted by molar-refractivity contribution is 7.90. The van der Waals surface area contributed by atoms with Crippen LogP contribution in [0.5, 0.6) is 0 Å². The van der Waals surface area contributed by atoms with Gasteiger partial charge in [0.05, 0.1) is 0 Å². The topological polar surface area (TPSA) is 46.2 Å². The number of benzene rings is 1. The zero-order valence-corrected chi connectivity index (χ0v) is 10.4. The predicted molar refractivity (Wildman–Crippen MR) is 62.6 cm³/mol. The van der Waals surface area contributed by atoms with Crippen LogP contribution < -0.4 is 4.72 Å². The molecule has 0 amide bonds. The molecule has 0 saturated carbocycles. The predicted octanol–water partition coefficient (Wildman–Crippen LogP) is 2.52. The Labute approximate surface area is 99.4 Å². The Morgan fingerprint density at radius 1 is 1.33 bits per heavy atom. The number of nitrogens with one attached hydrogen (secondary N) is 1. The van der Waals surface area contributed by atoms with Crippen LogP contribution in [0.15, 0.2) is 24.3 Å². The van der Waals surface area contributed by atoms with Gasteiger partial charge in [0, 0.05) is 11.1 Å². The van der Waals surface area contributed by atoms with Crippen LogP contribution in [0.2, 0.25) is 5.02 Å². The van der Waals surface area contributed by atoms with Gasteiger partial charge in [-0.05, 0) is 24.6 Å². The fourth-order valence-electron chi connectivity index (χ4n) is 1.12. The minimum atomic E-state index is -3.39. The van der Waals surface area contributed by atoms with E-state index in [-0.39, 0.29) is 6.04 Å². The molecule has 0 radical (unpaired) electrons. The van der Waals surface area contributed by atoms with Crippen molar-refractivity contribution in [3.63, 3.8) is 0 Å². The molecule has 0 aliphatic rings. The highest BCUT2D eigenvalue weighted by Gasteiger charge is 2.13. The fourth-order valence-corrected chi connectivity index (χ4v) is 2.17. The van der Waals surface area contributed by atoms with Gasteiger partial charge in [-0.1, -0.05) is 23.7 Å². The average Bonchev–Trinajstić information content (AvgIpc) is 2.18. The van der Waals surface area contributed by atoms with Crippen LogP contribution in [-0.4, -0.2) is 13.6 Å². The molecule has 15 heavy (non-hydrogen) atoms. The van der Waals surface area contributed by atoms with Gasteiger partial charge in [-0.2, -0.15) is 0 Å². The number of hydrogen-bond acceptors (Lipinski definition) is 2. The third-order valence-corrected chi connectivity index (χ3v) is 3.98. The lowest BCUT2D eigenvalue weighted by Crippen LogP contribution is -2.27. The van der Waals surface area contributed by atoms with Crippen LogP contribution in [0, 0.1) is 0 Å². The van der Waals surface area contributed by atoms with Crippen LogP contribution in [0.3, 0.4) is 0 Å². The molecule has 0 bridgehead atoms. The third kappa shape index (κ3) is 3.99. The third-order valence-electron chi connectivity index (χ3n) is 1.87. The molecular formula is C9H11Cl2NO2S. The standard InChI is InChI=1S/C9H11Cl2NO2S/c1-7(12-15(13,14)6-10)8-2-4-9(11)5-3-8/h2-5,7,12H,6H2,1H3/t7-/m0/s1. The molecule has 0 heterocycles. The molecule has 1 rings (SSSR count). The molecule has 0 aliphatic heterocycles. The molecule has 0 saturated heterocycles. The second-order valence-corrected chi connectivity index (χ2v) is 5.89. The van der Waals surface area contributed by atoms with Gasteiger partial charge in [-0.15, -0.1) is 11.6 Å². The summed E-state index contributed by atoms with van der Waals surface area (Å²) in [5.41, 5.74) is 0.841. The Hall–Kier alpha value is -0.290. The Morgan fingerprint density at radius 2 is 1.87 bits per heavy atom. The van der Waals surface area contributed by atoms with Crippen molar-refractivity contribution in [2.45, 2.75) is 13.0 Å². The molecular weight excluding hydrogens is 257 g/mol. The molecule has 0 aromatic heterocycles. The van der Waals surface area contributed by atoms with Crippen molar-refractivity contribution >= 4 is 33.2 Å². The monoisotopic (exact) mass is 267 g/mol. The molecule has 1 N–H and O–H groups in total. The maximum absolute atomic E-state index is 11.2. The van der Waals surface area contributed by atoms with E-state index in [1.54, 1.807) is 31.2 Å². The van der Waals surface area contributed by atoms with Gasteiger partial charge in [-0.25, -0.2) is 13.1 Å². The molecule has 84 valence electrons. The normalized spacial score (nSPS) is 13.8. The van der Waals surface area contributed by atoms with E-state index < -0.39 is 15.2 Å². The van der Waals surface area contributed by atoms with E-state index in [1.165, 1.54) is 0 Å². The Morgan fingerprint density at radius 3 is 2.33 bits per heavy atom. The molecule has 1 aromatic rings. The molecule has 1 aromatic carbocycles. The highest BCUT2D eigenvalue weighted by Crippen LogP contribution is 2.16. The van der Waals surface area contributed by atoms with E-state index in [1.807, 2.05) is 0 Å². The average molecular weight is 268 g/mol. The van der Waals surface area contributed by atoms with Crippen molar-refractivity contribution < 1.29 is 8.42 Å². The Balaban J connectivity index is 2.78. The number of hydrogen-bond donors (Lipinski definition) is 1. The largest absolute Gasteiger partial charge is 0.226 e. The van der Waals surface area contributed by atoms with Crippen molar-refractivity contribution in [2.75, 3.05) is 5.21 Å². The zero-order chi connectivity index (χ0) is 11.5. The van der Waals surface area contributed by atoms with Crippen molar-refractivity contribution in [3.05, 3.63) is 34.9 Å². The van der Waals surface area contributed by atoms with Crippen LogP contribution >= 0.6 is 23.2 Å². The van der Waals surface area contributed by atoms with Crippen molar-refractivity contribution in [1.29, 1.82) is 0 Å². The van der Waals surface area contributed by atoms with Gasteiger partial charge in [0.1, 0.15) is 5.21 Å². The molecule has 0 fully saturated rings. The Bertz CT molecular complexity index is 416. The summed E-state index contributed by atoms with van der Waals surface area (Å²) in [6.45, 7) is 1.74. The van der Waals surface area contributed by atoms with E-state index in [4.69, 9.17) is 23.2 Å². The summed E-state index contributed by atoms with van der Waals surface area (Å²) in [6.07, 6.45) is 0. The summed E-state index contributed by atoms with van der Waals surface area (Å²) in [4.78, 5) is 0. The smallest absolute Gasteiger partial charge is 0.211 e. The van der Waals surface area contributed by atoms with E-state index in [0.717, 1.165) is 5.56 Å². The highest BCUT2D eigenvalue weighted by atomic mass is 35.5. The quantitative estimate of drug-likeness (QED) is 0.853. The van der Waals surface area contributed by atoms with Gasteiger partial charge in [-0.3, -0.25) is 0 Å². The minimum Gasteiger partial charge on any atom is -0.211 e. The summed E-state index contributed by atoms with van der Waals surface area (Å²) in [5, 5.41) is 0.177. The Kier molecular flexibility index (Phi) is 4.40. The van der Waals surface area contributed by atoms with Gasteiger partial charge >= 0.3 is 0 Å². The first-order valence-corrected chi connectivity index (χ1v) is 6.82. The lowest BCUT2D eigenvalue weighted by atomic mass is 10.1. The van der Waals surface area contributed by atoms with Gasteiger partial charge < -0.3 is 0 Å². The molecule has 0 spiro atoms. The van der Waals surface area contributed by atoms with Crippen LogP contribution in [0.25, 0.3) is 0 Å². The summed E-state index contributed by atoms with van der Waals surface area (Å²) >= 11 is 11.0. The fraction of sp³-hybridized carbons (Fsp3) is 0.333. The molecule has 0 unspecified atom stereocenters. The van der Waals surface area contributed by atoms with Crippen molar-refractivity contribution in [1.82, 2.24) is 4.72 Å². The van der Waals surface area contributed by atoms with E-state index >= 15 is 0 Å². The number of sulfonamides is 1. The first-order chi connectivity index (χ1) is 6.94. The zero-order valence-electron chi connectivity index (χ0n) is 8.07. The SMILES string of the molecule is C[C@H](NS(=O)(=O)CCl)c1ccc(Cl)cc1. The van der Waals surface area contributed by atoms with Crippen LogP contribution in [0.4, 0.5) is 0 Å². The summed E-state index contributed by atoms with van der Waals surface area (Å²) < 4.78 is 24.8. The second kappa shape index (κ2) is 5.16. The minimum absolute atomic E-state index is 0.314. The summed E-state index contributed by atoms with van der Waals surface area (Å²) in [5.74, 6) is 0. The van der Waals surface area contributed by atoms with E-state index in [0.29, 0.717) is 5.02 Å². The molecule has 0 aliphatic carbocycles. The summed E-state index contributed by atoms with van der Waals surface area (Å²) in [6, 6.07) is 6.64. The van der Waals surface area contributed by atoms with Crippen LogP contribution in [-0.2, 0) is 10.0 Å². The van der Waals surface area contributed by atoms with Crippen molar-refractivity contribution in [2.24, 2.45) is 0 Å². The first-order valence-electron chi connectivity index (χ1n) is 4.26. The lowest BCUT2D eigenvalue weighted by molar-refractivity contribution is 0.571. The van der Waals surface area contributed by atoms with E-state index in [9.17, 15) is 8.42 Å². The van der Waals surface area contributed by atoms with Gasteiger partial charge in [0.2, 0.25) is 10.0 Å². The number of halogens is 2.